The second-order valence-electron chi connectivity index (χ2n) is 6.74. The Labute approximate surface area is 170 Å². The predicted molar refractivity (Wildman–Crippen MR) is 105 cm³/mol. The smallest absolute Gasteiger partial charge is 0.312 e. The molecule has 1 saturated heterocycles. The highest BCUT2D eigenvalue weighted by Crippen LogP contribution is 2.18. The minimum Gasteiger partial charge on any atom is -0.383 e. The number of ether oxygens (including phenoxy) is 1. The number of carbonyl (C=O) groups excluding carboxylic acids is 2. The van der Waals surface area contributed by atoms with Crippen LogP contribution in [0.4, 0.5) is 0 Å². The number of nitrogens with zero attached hydrogens (tertiary/aromatic N) is 1. The van der Waals surface area contributed by atoms with E-state index in [2.05, 4.69) is 5.32 Å². The van der Waals surface area contributed by atoms with Crippen molar-refractivity contribution in [3.05, 3.63) is 29.8 Å². The maximum atomic E-state index is 12.5. The van der Waals surface area contributed by atoms with Crippen LogP contribution < -0.4 is 10.5 Å². The molecule has 1 atom stereocenters. The summed E-state index contributed by atoms with van der Waals surface area (Å²) in [6.07, 6.45) is 0.668. The molecule has 2 amide bonds. The number of amides is 2. The molecule has 0 bridgehead atoms. The summed E-state index contributed by atoms with van der Waals surface area (Å²) >= 11 is 0. The molecule has 162 valence electrons. The number of benzene rings is 1. The molecule has 29 heavy (non-hydrogen) atoms. The van der Waals surface area contributed by atoms with Crippen LogP contribution in [0.15, 0.2) is 29.2 Å². The molecule has 0 saturated carbocycles. The van der Waals surface area contributed by atoms with E-state index in [-0.39, 0.29) is 36.1 Å². The molecule has 1 fully saturated rings. The minimum absolute atomic E-state index is 0.00936. The van der Waals surface area contributed by atoms with E-state index in [4.69, 9.17) is 9.88 Å². The first-order chi connectivity index (χ1) is 13.5. The van der Waals surface area contributed by atoms with Crippen molar-refractivity contribution >= 4 is 31.7 Å². The summed E-state index contributed by atoms with van der Waals surface area (Å²) in [5.41, 5.74) is 0.753. The normalized spacial score (nSPS) is 18.3. The summed E-state index contributed by atoms with van der Waals surface area (Å²) in [4.78, 5) is 26.0. The van der Waals surface area contributed by atoms with Gasteiger partial charge in [0.2, 0.25) is 10.0 Å². The number of sulfonamides is 1. The fraction of sp³-hybridized carbons (Fsp3) is 0.529. The zero-order valence-corrected chi connectivity index (χ0v) is 17.7. The van der Waals surface area contributed by atoms with Gasteiger partial charge in [-0.25, -0.2) is 22.0 Å². The van der Waals surface area contributed by atoms with Gasteiger partial charge < -0.3 is 15.0 Å². The first kappa shape index (κ1) is 23.3. The zero-order chi connectivity index (χ0) is 21.7. The van der Waals surface area contributed by atoms with Gasteiger partial charge in [0.1, 0.15) is 0 Å². The Bertz CT molecular complexity index is 944. The van der Waals surface area contributed by atoms with Crippen LogP contribution >= 0.6 is 0 Å². The molecule has 1 heterocycles. The molecular formula is C17H25N3O7S2. The van der Waals surface area contributed by atoms with E-state index in [0.29, 0.717) is 12.8 Å². The van der Waals surface area contributed by atoms with Crippen molar-refractivity contribution in [1.29, 1.82) is 0 Å². The maximum Gasteiger partial charge on any atom is 0.312 e. The average Bonchev–Trinajstić information content (AvgIpc) is 3.01. The van der Waals surface area contributed by atoms with Crippen molar-refractivity contribution in [3.8, 4) is 0 Å². The molecule has 0 radical (unpaired) electrons. The molecule has 1 aromatic rings. The number of nitrogens with two attached hydrogens (primary N) is 1. The molecule has 0 aliphatic carbocycles. The number of primary sulfonamides is 1. The van der Waals surface area contributed by atoms with Crippen LogP contribution in [0.5, 0.6) is 0 Å². The summed E-state index contributed by atoms with van der Waals surface area (Å²) < 4.78 is 50.9. The molecule has 0 spiro atoms. The third kappa shape index (κ3) is 6.77. The van der Waals surface area contributed by atoms with E-state index in [9.17, 15) is 26.4 Å². The van der Waals surface area contributed by atoms with Crippen LogP contribution in [0, 0.1) is 0 Å². The Kier molecular flexibility index (Phi) is 7.74. The standard InChI is InChI=1S/C17H25N3O7S2/c1-27-10-9-20(14-7-11-28(23,24)12-14)17(22)16(21)19-8-6-13-2-4-15(5-3-13)29(18,25)26/h2-5,14H,6-12H2,1H3,(H,19,21)(H2,18,25,26). The van der Waals surface area contributed by atoms with Gasteiger partial charge in [-0.15, -0.1) is 0 Å². The molecule has 10 nitrogen and oxygen atoms in total. The number of rotatable bonds is 8. The molecule has 1 aliphatic rings. The van der Waals surface area contributed by atoms with Crippen LogP contribution in [0.2, 0.25) is 0 Å². The van der Waals surface area contributed by atoms with Gasteiger partial charge in [-0.2, -0.15) is 0 Å². The van der Waals surface area contributed by atoms with Crippen molar-refractivity contribution in [2.45, 2.75) is 23.8 Å². The fourth-order valence-corrected chi connectivity index (χ4v) is 5.28. The summed E-state index contributed by atoms with van der Waals surface area (Å²) in [5.74, 6) is -1.79. The number of methoxy groups -OCH3 is 1. The van der Waals surface area contributed by atoms with Gasteiger partial charge in [0.25, 0.3) is 0 Å². The van der Waals surface area contributed by atoms with Crippen molar-refractivity contribution in [2.24, 2.45) is 5.14 Å². The molecule has 12 heteroatoms. The number of hydrogen-bond donors (Lipinski definition) is 2. The Morgan fingerprint density at radius 3 is 2.45 bits per heavy atom. The van der Waals surface area contributed by atoms with Crippen LogP contribution in [-0.2, 0) is 40.6 Å². The predicted octanol–water partition coefficient (Wildman–Crippen LogP) is -1.35. The zero-order valence-electron chi connectivity index (χ0n) is 16.0. The van der Waals surface area contributed by atoms with Gasteiger partial charge in [0.15, 0.2) is 9.84 Å². The van der Waals surface area contributed by atoms with Gasteiger partial charge in [0.05, 0.1) is 23.0 Å². The largest absolute Gasteiger partial charge is 0.383 e. The third-order valence-electron chi connectivity index (χ3n) is 4.59. The number of hydrogen-bond acceptors (Lipinski definition) is 7. The van der Waals surface area contributed by atoms with Crippen LogP contribution in [-0.4, -0.2) is 77.9 Å². The lowest BCUT2D eigenvalue weighted by Crippen LogP contribution is -2.50. The van der Waals surface area contributed by atoms with Gasteiger partial charge in [-0.05, 0) is 30.5 Å². The first-order valence-electron chi connectivity index (χ1n) is 8.93. The van der Waals surface area contributed by atoms with E-state index in [1.165, 1.54) is 24.1 Å². The molecule has 0 aromatic heterocycles. The first-order valence-corrected chi connectivity index (χ1v) is 12.3. The highest BCUT2D eigenvalue weighted by atomic mass is 32.2. The molecule has 1 unspecified atom stereocenters. The lowest BCUT2D eigenvalue weighted by atomic mass is 10.1. The van der Waals surface area contributed by atoms with Gasteiger partial charge in [-0.1, -0.05) is 12.1 Å². The molecular weight excluding hydrogens is 422 g/mol. The summed E-state index contributed by atoms with van der Waals surface area (Å²) in [6, 6.07) is 5.33. The molecule has 1 aromatic carbocycles. The van der Waals surface area contributed by atoms with Gasteiger partial charge >= 0.3 is 11.8 Å². The summed E-state index contributed by atoms with van der Waals surface area (Å²) in [6.45, 7) is 0.463. The van der Waals surface area contributed by atoms with Crippen molar-refractivity contribution < 1.29 is 31.2 Å². The maximum absolute atomic E-state index is 12.5. The number of nitrogens with one attached hydrogen (secondary N) is 1. The Morgan fingerprint density at radius 1 is 1.28 bits per heavy atom. The van der Waals surface area contributed by atoms with E-state index < -0.39 is 37.7 Å². The van der Waals surface area contributed by atoms with E-state index in [0.717, 1.165) is 5.56 Å². The van der Waals surface area contributed by atoms with E-state index in [1.807, 2.05) is 0 Å². The lowest BCUT2D eigenvalue weighted by Gasteiger charge is -2.27. The molecule has 2 rings (SSSR count). The Balaban J connectivity index is 1.92. The average molecular weight is 448 g/mol. The Morgan fingerprint density at radius 2 is 1.93 bits per heavy atom. The molecule has 3 N–H and O–H groups in total. The van der Waals surface area contributed by atoms with Gasteiger partial charge in [0, 0.05) is 26.2 Å². The van der Waals surface area contributed by atoms with Crippen molar-refractivity contribution in [2.75, 3.05) is 38.3 Å². The fourth-order valence-electron chi connectivity index (χ4n) is 3.03. The molecule has 1 aliphatic heterocycles. The van der Waals surface area contributed by atoms with Crippen LogP contribution in [0.3, 0.4) is 0 Å². The van der Waals surface area contributed by atoms with Crippen LogP contribution in [0.25, 0.3) is 0 Å². The van der Waals surface area contributed by atoms with E-state index >= 15 is 0 Å². The number of sulfone groups is 1. The minimum atomic E-state index is -3.77. The third-order valence-corrected chi connectivity index (χ3v) is 7.27. The van der Waals surface area contributed by atoms with Gasteiger partial charge in [-0.3, -0.25) is 9.59 Å². The SMILES string of the molecule is COCCN(C(=O)C(=O)NCCc1ccc(S(N)(=O)=O)cc1)C1CCS(=O)(=O)C1. The second kappa shape index (κ2) is 9.65. The topological polar surface area (TPSA) is 153 Å². The summed E-state index contributed by atoms with van der Waals surface area (Å²) in [5, 5.41) is 7.55. The highest BCUT2D eigenvalue weighted by molar-refractivity contribution is 7.91. The number of carbonyl (C=O) groups is 2. The highest BCUT2D eigenvalue weighted by Gasteiger charge is 2.36. The lowest BCUT2D eigenvalue weighted by molar-refractivity contribution is -0.147. The van der Waals surface area contributed by atoms with Crippen LogP contribution in [0.1, 0.15) is 12.0 Å². The summed E-state index contributed by atoms with van der Waals surface area (Å²) in [7, 11) is -5.53. The monoisotopic (exact) mass is 447 g/mol. The van der Waals surface area contributed by atoms with Crippen molar-refractivity contribution in [1.82, 2.24) is 10.2 Å². The van der Waals surface area contributed by atoms with Crippen molar-refractivity contribution in [3.63, 3.8) is 0 Å². The van der Waals surface area contributed by atoms with E-state index in [1.54, 1.807) is 12.1 Å². The quantitative estimate of drug-likeness (QED) is 0.467. The Hall–Kier alpha value is -2.02. The second-order valence-corrected chi connectivity index (χ2v) is 10.5.